The van der Waals surface area contributed by atoms with E-state index < -0.39 is 6.43 Å². The summed E-state index contributed by atoms with van der Waals surface area (Å²) in [5.74, 6) is 0.699. The number of hydrogen-bond donors (Lipinski definition) is 0. The summed E-state index contributed by atoms with van der Waals surface area (Å²) >= 11 is 0. The fourth-order valence-corrected chi connectivity index (χ4v) is 3.21. The van der Waals surface area contributed by atoms with Gasteiger partial charge in [0.1, 0.15) is 0 Å². The van der Waals surface area contributed by atoms with Crippen molar-refractivity contribution in [1.29, 1.82) is 0 Å². The minimum Gasteiger partial charge on any atom is -0.211 e. The molecule has 0 aliphatic carbocycles. The third kappa shape index (κ3) is 13.3. The molecule has 128 valence electrons. The van der Waals surface area contributed by atoms with Gasteiger partial charge < -0.3 is 0 Å². The summed E-state index contributed by atoms with van der Waals surface area (Å²) in [5.41, 5.74) is 0. The first-order chi connectivity index (χ1) is 10.1. The second-order valence-electron chi connectivity index (χ2n) is 6.77. The van der Waals surface area contributed by atoms with E-state index in [2.05, 4.69) is 13.8 Å². The van der Waals surface area contributed by atoms with E-state index in [1.807, 2.05) is 6.92 Å². The molecule has 0 nitrogen and oxygen atoms in total. The van der Waals surface area contributed by atoms with E-state index in [0.29, 0.717) is 5.92 Å². The van der Waals surface area contributed by atoms with Crippen LogP contribution in [0.15, 0.2) is 0 Å². The molecule has 0 N–H and O–H groups in total. The molecule has 0 rings (SSSR count). The molecular weight excluding hydrogens is 266 g/mol. The van der Waals surface area contributed by atoms with Crippen LogP contribution < -0.4 is 0 Å². The summed E-state index contributed by atoms with van der Waals surface area (Å²) in [6.45, 7) is 6.49. The zero-order valence-electron chi connectivity index (χ0n) is 14.7. The van der Waals surface area contributed by atoms with Gasteiger partial charge in [0.2, 0.25) is 6.43 Å². The lowest BCUT2D eigenvalue weighted by Gasteiger charge is -2.24. The number of halogens is 2. The lowest BCUT2D eigenvalue weighted by atomic mass is 9.83. The Bertz CT molecular complexity index is 190. The van der Waals surface area contributed by atoms with Crippen LogP contribution >= 0.6 is 0 Å². The van der Waals surface area contributed by atoms with Crippen LogP contribution in [0, 0.1) is 11.8 Å². The van der Waals surface area contributed by atoms with Gasteiger partial charge in [-0.15, -0.1) is 0 Å². The summed E-state index contributed by atoms with van der Waals surface area (Å²) in [5, 5.41) is 0. The highest BCUT2D eigenvalue weighted by Gasteiger charge is 2.20. The standard InChI is InChI=1S/C19H38F2/c1-4-6-8-10-12-14-18(17(3)16-19(20)21)15-13-11-9-7-5-2/h17-19H,4-16H2,1-3H3/t17-/m0/s1. The third-order valence-corrected chi connectivity index (χ3v) is 4.71. The predicted molar refractivity (Wildman–Crippen MR) is 90.0 cm³/mol. The Morgan fingerprint density at radius 1 is 0.667 bits per heavy atom. The maximum Gasteiger partial charge on any atom is 0.238 e. The molecule has 21 heavy (non-hydrogen) atoms. The molecule has 0 aliphatic heterocycles. The van der Waals surface area contributed by atoms with Crippen LogP contribution in [-0.4, -0.2) is 6.43 Å². The Balaban J connectivity index is 3.96. The summed E-state index contributed by atoms with van der Waals surface area (Å²) in [6.07, 6.45) is 13.1. The van der Waals surface area contributed by atoms with Crippen molar-refractivity contribution < 1.29 is 8.78 Å². The summed E-state index contributed by atoms with van der Waals surface area (Å²) in [6, 6.07) is 0. The lowest BCUT2D eigenvalue weighted by Crippen LogP contribution is -2.15. The Kier molecular flexibility index (Phi) is 14.7. The fourth-order valence-electron chi connectivity index (χ4n) is 3.21. The van der Waals surface area contributed by atoms with Crippen LogP contribution in [0.4, 0.5) is 8.78 Å². The van der Waals surface area contributed by atoms with Gasteiger partial charge in [0.25, 0.3) is 0 Å². The lowest BCUT2D eigenvalue weighted by molar-refractivity contribution is 0.0980. The molecule has 0 aromatic carbocycles. The van der Waals surface area contributed by atoms with Crippen molar-refractivity contribution in [3.05, 3.63) is 0 Å². The molecule has 0 amide bonds. The fraction of sp³-hybridized carbons (Fsp3) is 1.00. The molecule has 0 aromatic heterocycles. The van der Waals surface area contributed by atoms with E-state index in [1.54, 1.807) is 0 Å². The van der Waals surface area contributed by atoms with Crippen molar-refractivity contribution in [3.63, 3.8) is 0 Å². The Labute approximate surface area is 132 Å². The van der Waals surface area contributed by atoms with Gasteiger partial charge in [-0.2, -0.15) is 0 Å². The average Bonchev–Trinajstić information content (AvgIpc) is 2.43. The second-order valence-corrected chi connectivity index (χ2v) is 6.77. The third-order valence-electron chi connectivity index (χ3n) is 4.71. The Morgan fingerprint density at radius 2 is 1.10 bits per heavy atom. The van der Waals surface area contributed by atoms with Gasteiger partial charge in [0.15, 0.2) is 0 Å². The smallest absolute Gasteiger partial charge is 0.211 e. The minimum absolute atomic E-state index is 0.0919. The predicted octanol–water partition coefficient (Wildman–Crippen LogP) is 7.61. The molecule has 0 fully saturated rings. The molecule has 0 unspecified atom stereocenters. The largest absolute Gasteiger partial charge is 0.238 e. The van der Waals surface area contributed by atoms with E-state index in [1.165, 1.54) is 64.2 Å². The van der Waals surface area contributed by atoms with Crippen molar-refractivity contribution in [1.82, 2.24) is 0 Å². The van der Waals surface area contributed by atoms with Crippen LogP contribution in [0.3, 0.4) is 0 Å². The number of rotatable bonds is 15. The molecule has 0 spiro atoms. The molecule has 2 heteroatoms. The van der Waals surface area contributed by atoms with Crippen LogP contribution in [0.25, 0.3) is 0 Å². The zero-order chi connectivity index (χ0) is 15.9. The molecule has 0 heterocycles. The Hall–Kier alpha value is -0.140. The van der Waals surface area contributed by atoms with Crippen molar-refractivity contribution in [2.75, 3.05) is 0 Å². The van der Waals surface area contributed by atoms with Crippen molar-refractivity contribution in [3.8, 4) is 0 Å². The molecule has 0 aliphatic rings. The highest BCUT2D eigenvalue weighted by Crippen LogP contribution is 2.29. The minimum atomic E-state index is -2.14. The monoisotopic (exact) mass is 304 g/mol. The number of unbranched alkanes of at least 4 members (excludes halogenated alkanes) is 8. The highest BCUT2D eigenvalue weighted by molar-refractivity contribution is 4.68. The van der Waals surface area contributed by atoms with Gasteiger partial charge in [0.05, 0.1) is 0 Å². The zero-order valence-corrected chi connectivity index (χ0v) is 14.7. The highest BCUT2D eigenvalue weighted by atomic mass is 19.3. The first-order valence-corrected chi connectivity index (χ1v) is 9.39. The molecular formula is C19H38F2. The van der Waals surface area contributed by atoms with Gasteiger partial charge in [-0.25, -0.2) is 8.78 Å². The van der Waals surface area contributed by atoms with E-state index in [0.717, 1.165) is 12.8 Å². The van der Waals surface area contributed by atoms with Crippen LogP contribution in [0.1, 0.15) is 104 Å². The molecule has 0 bridgehead atoms. The molecule has 1 atom stereocenters. The van der Waals surface area contributed by atoms with E-state index in [-0.39, 0.29) is 12.3 Å². The average molecular weight is 305 g/mol. The molecule has 0 saturated carbocycles. The molecule has 0 aromatic rings. The quantitative estimate of drug-likeness (QED) is 0.273. The van der Waals surface area contributed by atoms with Gasteiger partial charge in [0, 0.05) is 6.42 Å². The Morgan fingerprint density at radius 3 is 1.48 bits per heavy atom. The topological polar surface area (TPSA) is 0 Å². The molecule has 0 saturated heterocycles. The van der Waals surface area contributed by atoms with Crippen molar-refractivity contribution in [2.24, 2.45) is 11.8 Å². The van der Waals surface area contributed by atoms with Crippen LogP contribution in [0.2, 0.25) is 0 Å². The summed E-state index contributed by atoms with van der Waals surface area (Å²) in [7, 11) is 0. The van der Waals surface area contributed by atoms with Crippen LogP contribution in [-0.2, 0) is 0 Å². The van der Waals surface area contributed by atoms with Crippen LogP contribution in [0.5, 0.6) is 0 Å². The van der Waals surface area contributed by atoms with Gasteiger partial charge in [-0.1, -0.05) is 97.8 Å². The number of hydrogen-bond acceptors (Lipinski definition) is 0. The first-order valence-electron chi connectivity index (χ1n) is 9.39. The van der Waals surface area contributed by atoms with Gasteiger partial charge >= 0.3 is 0 Å². The SMILES string of the molecule is CCCCCCCC(CCCCCCC)[C@@H](C)CC(F)F. The summed E-state index contributed by atoms with van der Waals surface area (Å²) in [4.78, 5) is 0. The van der Waals surface area contributed by atoms with E-state index in [4.69, 9.17) is 0 Å². The maximum atomic E-state index is 12.6. The van der Waals surface area contributed by atoms with Gasteiger partial charge in [-0.05, 0) is 11.8 Å². The van der Waals surface area contributed by atoms with Crippen molar-refractivity contribution in [2.45, 2.75) is 111 Å². The number of alkyl halides is 2. The van der Waals surface area contributed by atoms with E-state index in [9.17, 15) is 8.78 Å². The maximum absolute atomic E-state index is 12.6. The second kappa shape index (κ2) is 14.8. The summed E-state index contributed by atoms with van der Waals surface area (Å²) < 4.78 is 25.2. The van der Waals surface area contributed by atoms with Gasteiger partial charge in [-0.3, -0.25) is 0 Å². The normalized spacial score (nSPS) is 13.3. The van der Waals surface area contributed by atoms with E-state index >= 15 is 0 Å². The molecule has 0 radical (unpaired) electrons. The van der Waals surface area contributed by atoms with Crippen molar-refractivity contribution >= 4 is 0 Å². The first kappa shape index (κ1) is 20.9.